The second kappa shape index (κ2) is 7.61. The molecule has 0 unspecified atom stereocenters. The highest BCUT2D eigenvalue weighted by Crippen LogP contribution is 2.43. The maximum absolute atomic E-state index is 6.25. The van der Waals surface area contributed by atoms with E-state index >= 15 is 0 Å². The molecule has 0 aliphatic heterocycles. The number of anilines is 3. The van der Waals surface area contributed by atoms with Gasteiger partial charge in [0.1, 0.15) is 0 Å². The lowest BCUT2D eigenvalue weighted by atomic mass is 9.89. The highest BCUT2D eigenvalue weighted by molar-refractivity contribution is 5.96. The van der Waals surface area contributed by atoms with Crippen LogP contribution in [0.5, 0.6) is 0 Å². The molecular formula is C26H24N2. The van der Waals surface area contributed by atoms with Crippen LogP contribution in [0.3, 0.4) is 0 Å². The molecule has 0 amide bonds. The topological polar surface area (TPSA) is 38.0 Å². The summed E-state index contributed by atoms with van der Waals surface area (Å²) in [7, 11) is 0. The molecule has 2 nitrogen and oxygen atoms in total. The molecule has 0 saturated carbocycles. The number of para-hydroxylation sites is 2. The van der Waals surface area contributed by atoms with Gasteiger partial charge < -0.3 is 11.1 Å². The van der Waals surface area contributed by atoms with Crippen LogP contribution < -0.4 is 11.1 Å². The zero-order valence-corrected chi connectivity index (χ0v) is 16.2. The summed E-state index contributed by atoms with van der Waals surface area (Å²) < 4.78 is 0. The molecule has 28 heavy (non-hydrogen) atoms. The van der Waals surface area contributed by atoms with Gasteiger partial charge in [-0.05, 0) is 54.3 Å². The van der Waals surface area contributed by atoms with E-state index < -0.39 is 0 Å². The SMILES string of the molecule is Cc1cc(-c2ccccc2)c(Nc2ccccc2N)c(-c2ccccc2)c1C. The van der Waals surface area contributed by atoms with Crippen molar-refractivity contribution in [2.75, 3.05) is 11.1 Å². The van der Waals surface area contributed by atoms with Crippen molar-refractivity contribution in [3.8, 4) is 22.3 Å². The van der Waals surface area contributed by atoms with E-state index in [1.807, 2.05) is 30.3 Å². The number of nitrogens with one attached hydrogen (secondary N) is 1. The molecule has 4 aromatic carbocycles. The summed E-state index contributed by atoms with van der Waals surface area (Å²) in [4.78, 5) is 0. The van der Waals surface area contributed by atoms with Crippen LogP contribution >= 0.6 is 0 Å². The van der Waals surface area contributed by atoms with Crippen LogP contribution in [0.1, 0.15) is 11.1 Å². The molecule has 0 aliphatic carbocycles. The van der Waals surface area contributed by atoms with E-state index in [0.29, 0.717) is 0 Å². The Balaban J connectivity index is 2.02. The zero-order chi connectivity index (χ0) is 19.5. The van der Waals surface area contributed by atoms with Crippen molar-refractivity contribution >= 4 is 17.1 Å². The first-order valence-corrected chi connectivity index (χ1v) is 9.51. The fraction of sp³-hybridized carbons (Fsp3) is 0.0769. The lowest BCUT2D eigenvalue weighted by molar-refractivity contribution is 1.33. The summed E-state index contributed by atoms with van der Waals surface area (Å²) in [6.07, 6.45) is 0. The summed E-state index contributed by atoms with van der Waals surface area (Å²) in [6, 6.07) is 31.2. The third-order valence-electron chi connectivity index (χ3n) is 5.21. The lowest BCUT2D eigenvalue weighted by Crippen LogP contribution is -2.02. The molecule has 2 heteroatoms. The molecule has 0 aliphatic rings. The van der Waals surface area contributed by atoms with E-state index in [9.17, 15) is 0 Å². The first-order valence-electron chi connectivity index (χ1n) is 9.51. The van der Waals surface area contributed by atoms with Crippen molar-refractivity contribution in [2.45, 2.75) is 13.8 Å². The maximum atomic E-state index is 6.25. The molecule has 0 bridgehead atoms. The van der Waals surface area contributed by atoms with Gasteiger partial charge in [-0.25, -0.2) is 0 Å². The van der Waals surface area contributed by atoms with Crippen LogP contribution in [0.15, 0.2) is 91.0 Å². The largest absolute Gasteiger partial charge is 0.397 e. The number of aryl methyl sites for hydroxylation is 1. The van der Waals surface area contributed by atoms with Gasteiger partial charge in [-0.1, -0.05) is 72.8 Å². The van der Waals surface area contributed by atoms with Crippen molar-refractivity contribution < 1.29 is 0 Å². The van der Waals surface area contributed by atoms with E-state index in [4.69, 9.17) is 5.73 Å². The monoisotopic (exact) mass is 364 g/mol. The Morgan fingerprint density at radius 3 is 1.89 bits per heavy atom. The number of nitrogens with two attached hydrogens (primary N) is 1. The van der Waals surface area contributed by atoms with Gasteiger partial charge in [0.15, 0.2) is 0 Å². The fourth-order valence-corrected chi connectivity index (χ4v) is 3.60. The van der Waals surface area contributed by atoms with E-state index in [2.05, 4.69) is 79.8 Å². The average Bonchev–Trinajstić information content (AvgIpc) is 2.73. The highest BCUT2D eigenvalue weighted by Gasteiger charge is 2.17. The third kappa shape index (κ3) is 3.37. The van der Waals surface area contributed by atoms with Crippen LogP contribution in [0, 0.1) is 13.8 Å². The minimum absolute atomic E-state index is 0.735. The summed E-state index contributed by atoms with van der Waals surface area (Å²) >= 11 is 0. The van der Waals surface area contributed by atoms with Gasteiger partial charge in [0.25, 0.3) is 0 Å². The zero-order valence-electron chi connectivity index (χ0n) is 16.2. The lowest BCUT2D eigenvalue weighted by Gasteiger charge is -2.22. The predicted octanol–water partition coefficient (Wildman–Crippen LogP) is 6.96. The standard InChI is InChI=1S/C26H24N2/c1-18-17-22(20-11-5-3-6-12-20)26(28-24-16-10-9-15-23(24)27)25(19(18)2)21-13-7-4-8-14-21/h3-17,28H,27H2,1-2H3. The molecule has 0 heterocycles. The van der Waals surface area contributed by atoms with Gasteiger partial charge in [0, 0.05) is 11.1 Å². The summed E-state index contributed by atoms with van der Waals surface area (Å²) in [5.41, 5.74) is 16.3. The molecule has 3 N–H and O–H groups in total. The molecule has 4 rings (SSSR count). The summed E-state index contributed by atoms with van der Waals surface area (Å²) in [6.45, 7) is 4.36. The van der Waals surface area contributed by atoms with Crippen molar-refractivity contribution in [1.29, 1.82) is 0 Å². The van der Waals surface area contributed by atoms with Crippen LogP contribution in [-0.4, -0.2) is 0 Å². The summed E-state index contributed by atoms with van der Waals surface area (Å²) in [5, 5.41) is 3.65. The molecule has 0 atom stereocenters. The van der Waals surface area contributed by atoms with Crippen LogP contribution in [-0.2, 0) is 0 Å². The minimum Gasteiger partial charge on any atom is -0.397 e. The summed E-state index contributed by atoms with van der Waals surface area (Å²) in [5.74, 6) is 0. The Morgan fingerprint density at radius 2 is 1.25 bits per heavy atom. The fourth-order valence-electron chi connectivity index (χ4n) is 3.60. The molecule has 4 aromatic rings. The first-order chi connectivity index (χ1) is 13.6. The molecule has 0 spiro atoms. The van der Waals surface area contributed by atoms with E-state index in [0.717, 1.165) is 17.1 Å². The second-order valence-electron chi connectivity index (χ2n) is 7.06. The normalized spacial score (nSPS) is 10.6. The Morgan fingerprint density at radius 1 is 0.679 bits per heavy atom. The molecular weight excluding hydrogens is 340 g/mol. The predicted molar refractivity (Wildman–Crippen MR) is 121 cm³/mol. The van der Waals surface area contributed by atoms with E-state index in [1.54, 1.807) is 0 Å². The van der Waals surface area contributed by atoms with E-state index in [1.165, 1.54) is 33.4 Å². The third-order valence-corrected chi connectivity index (χ3v) is 5.21. The van der Waals surface area contributed by atoms with Gasteiger partial charge in [-0.3, -0.25) is 0 Å². The Bertz CT molecular complexity index is 1100. The molecule has 0 saturated heterocycles. The van der Waals surface area contributed by atoms with Crippen molar-refractivity contribution in [1.82, 2.24) is 0 Å². The second-order valence-corrected chi connectivity index (χ2v) is 7.06. The first kappa shape index (κ1) is 17.9. The van der Waals surface area contributed by atoms with Crippen molar-refractivity contribution in [3.63, 3.8) is 0 Å². The smallest absolute Gasteiger partial charge is 0.0618 e. The van der Waals surface area contributed by atoms with Crippen LogP contribution in [0.25, 0.3) is 22.3 Å². The molecule has 138 valence electrons. The number of nitrogen functional groups attached to an aromatic ring is 1. The number of rotatable bonds is 4. The van der Waals surface area contributed by atoms with Gasteiger partial charge in [-0.15, -0.1) is 0 Å². The van der Waals surface area contributed by atoms with Crippen LogP contribution in [0.2, 0.25) is 0 Å². The van der Waals surface area contributed by atoms with Gasteiger partial charge in [0.2, 0.25) is 0 Å². The Kier molecular flexibility index (Phi) is 4.86. The maximum Gasteiger partial charge on any atom is 0.0618 e. The Labute approximate surface area is 166 Å². The number of benzene rings is 4. The van der Waals surface area contributed by atoms with Crippen LogP contribution in [0.4, 0.5) is 17.1 Å². The van der Waals surface area contributed by atoms with Gasteiger partial charge >= 0.3 is 0 Å². The van der Waals surface area contributed by atoms with Crippen molar-refractivity contribution in [3.05, 3.63) is 102 Å². The van der Waals surface area contributed by atoms with Gasteiger partial charge in [0.05, 0.1) is 17.1 Å². The van der Waals surface area contributed by atoms with Crippen molar-refractivity contribution in [2.24, 2.45) is 0 Å². The average molecular weight is 364 g/mol. The minimum atomic E-state index is 0.735. The molecule has 0 radical (unpaired) electrons. The highest BCUT2D eigenvalue weighted by atomic mass is 14.9. The quantitative estimate of drug-likeness (QED) is 0.384. The van der Waals surface area contributed by atoms with Gasteiger partial charge in [-0.2, -0.15) is 0 Å². The number of hydrogen-bond acceptors (Lipinski definition) is 2. The van der Waals surface area contributed by atoms with E-state index in [-0.39, 0.29) is 0 Å². The Hall–Kier alpha value is -3.52. The molecule has 0 aromatic heterocycles. The number of hydrogen-bond donors (Lipinski definition) is 2. The molecule has 0 fully saturated rings.